The first-order valence-electron chi connectivity index (χ1n) is 13.1. The van der Waals surface area contributed by atoms with E-state index in [0.717, 1.165) is 37.2 Å². The van der Waals surface area contributed by atoms with Gasteiger partial charge in [-0.15, -0.1) is 11.8 Å². The second-order valence-corrected chi connectivity index (χ2v) is 13.1. The Balaban J connectivity index is 1.38. The lowest BCUT2D eigenvalue weighted by atomic mass is 9.41. The number of carbonyl (C=O) groups excluding carboxylic acids is 1. The van der Waals surface area contributed by atoms with Gasteiger partial charge in [-0.25, -0.2) is 0 Å². The van der Waals surface area contributed by atoms with Crippen molar-refractivity contribution >= 4 is 17.5 Å². The summed E-state index contributed by atoms with van der Waals surface area (Å²) in [6.45, 7) is 6.04. The molecule has 0 saturated heterocycles. The van der Waals surface area contributed by atoms with Crippen LogP contribution in [0.3, 0.4) is 0 Å². The van der Waals surface area contributed by atoms with Crippen molar-refractivity contribution in [2.24, 2.45) is 46.2 Å². The van der Waals surface area contributed by atoms with Crippen LogP contribution in [0.2, 0.25) is 0 Å². The second kappa shape index (κ2) is 8.67. The van der Waals surface area contributed by atoms with Crippen LogP contribution in [0.15, 0.2) is 17.3 Å². The first kappa shape index (κ1) is 23.9. The predicted octanol–water partition coefficient (Wildman–Crippen LogP) is 5.18. The van der Waals surface area contributed by atoms with Crippen LogP contribution in [0.1, 0.15) is 71.6 Å². The Bertz CT molecular complexity index is 888. The molecule has 4 fully saturated rings. The molecule has 4 saturated carbocycles. The van der Waals surface area contributed by atoms with Crippen LogP contribution in [0.5, 0.6) is 0 Å². The molecule has 2 N–H and O–H groups in total. The van der Waals surface area contributed by atoms with E-state index < -0.39 is 0 Å². The van der Waals surface area contributed by atoms with Crippen LogP contribution >= 0.6 is 11.8 Å². The summed E-state index contributed by atoms with van der Waals surface area (Å²) in [6.07, 6.45) is 16.5. The van der Waals surface area contributed by atoms with Crippen molar-refractivity contribution in [1.29, 1.82) is 0 Å². The number of hydrogen-bond donors (Lipinski definition) is 1. The lowest BCUT2D eigenvalue weighted by molar-refractivity contribution is -0.163. The smallest absolute Gasteiger partial charge is 0.157 e. The van der Waals surface area contributed by atoms with Gasteiger partial charge in [0.25, 0.3) is 0 Å². The van der Waals surface area contributed by atoms with Gasteiger partial charge >= 0.3 is 0 Å². The van der Waals surface area contributed by atoms with Crippen molar-refractivity contribution in [2.75, 3.05) is 20.0 Å². The zero-order valence-corrected chi connectivity index (χ0v) is 21.8. The number of hydrogen-bond acceptors (Lipinski definition) is 5. The van der Waals surface area contributed by atoms with Crippen molar-refractivity contribution < 1.29 is 9.53 Å². The minimum absolute atomic E-state index is 0.0848. The fourth-order valence-corrected chi connectivity index (χ4v) is 9.68. The van der Waals surface area contributed by atoms with Gasteiger partial charge < -0.3 is 10.5 Å². The molecule has 0 radical (unpaired) electrons. The summed E-state index contributed by atoms with van der Waals surface area (Å²) in [5.41, 5.74) is 7.44. The summed E-state index contributed by atoms with van der Waals surface area (Å²) < 4.78 is 7.76. The van der Waals surface area contributed by atoms with Crippen molar-refractivity contribution in [3.8, 4) is 0 Å². The van der Waals surface area contributed by atoms with Gasteiger partial charge in [-0.2, -0.15) is 5.10 Å². The van der Waals surface area contributed by atoms with Crippen LogP contribution < -0.4 is 5.73 Å². The summed E-state index contributed by atoms with van der Waals surface area (Å²) in [4.78, 5) is 14.6. The summed E-state index contributed by atoms with van der Waals surface area (Å²) in [6, 6.07) is 0. The van der Waals surface area contributed by atoms with Crippen molar-refractivity contribution in [1.82, 2.24) is 9.78 Å². The van der Waals surface area contributed by atoms with Crippen LogP contribution in [0.25, 0.3) is 0 Å². The zero-order valence-electron chi connectivity index (χ0n) is 21.0. The van der Waals surface area contributed by atoms with Gasteiger partial charge in [0.15, 0.2) is 5.78 Å². The molecule has 6 heteroatoms. The highest BCUT2D eigenvalue weighted by Gasteiger charge is 2.65. The summed E-state index contributed by atoms with van der Waals surface area (Å²) in [5, 5.41) is 4.43. The Morgan fingerprint density at radius 3 is 2.76 bits per heavy atom. The third kappa shape index (κ3) is 3.65. The summed E-state index contributed by atoms with van der Waals surface area (Å²) >= 11 is 1.68. The Morgan fingerprint density at radius 2 is 2.03 bits per heavy atom. The Morgan fingerprint density at radius 1 is 1.21 bits per heavy atom. The minimum atomic E-state index is -0.0848. The Kier molecular flexibility index (Phi) is 6.27. The predicted molar refractivity (Wildman–Crippen MR) is 133 cm³/mol. The van der Waals surface area contributed by atoms with Gasteiger partial charge in [-0.05, 0) is 93.1 Å². The van der Waals surface area contributed by atoms with Gasteiger partial charge in [-0.1, -0.05) is 13.8 Å². The second-order valence-electron chi connectivity index (χ2n) is 12.2. The first-order chi connectivity index (χ1) is 15.8. The molecule has 0 amide bonds. The van der Waals surface area contributed by atoms with Crippen LogP contribution in [0.4, 0.5) is 0 Å². The van der Waals surface area contributed by atoms with E-state index in [-0.39, 0.29) is 22.3 Å². The number of nitrogens with two attached hydrogens (primary N) is 1. The average Bonchev–Trinajstić information content (AvgIpc) is 3.37. The standard InChI is InChI=1S/C27H43N3O2S/c1-18-7-11-26(17-32-3)22-9-10-25(2)21(20(22)8-12-27(26,28)13-18)5-6-23(25)24(31)16-30-15-19(33-4)14-29-30/h14-15,18,20-23H,5-13,16-17,28H2,1-4H3/t18?,20?,21?,22?,23-,25?,26?,27?/m1/s1. The number of rotatable bonds is 6. The Labute approximate surface area is 204 Å². The molecule has 1 heterocycles. The van der Waals surface area contributed by atoms with Gasteiger partial charge in [0.05, 0.1) is 19.3 Å². The Hall–Kier alpha value is -0.850. The monoisotopic (exact) mass is 473 g/mol. The van der Waals surface area contributed by atoms with Gasteiger partial charge in [0.1, 0.15) is 0 Å². The molecule has 0 aromatic carbocycles. The molecule has 4 aliphatic carbocycles. The quantitative estimate of drug-likeness (QED) is 0.577. The molecule has 0 spiro atoms. The molecule has 5 nitrogen and oxygen atoms in total. The van der Waals surface area contributed by atoms with Crippen molar-refractivity contribution in [3.63, 3.8) is 0 Å². The van der Waals surface area contributed by atoms with Crippen molar-refractivity contribution in [2.45, 2.75) is 88.6 Å². The summed E-state index contributed by atoms with van der Waals surface area (Å²) in [7, 11) is 1.87. The van der Waals surface area contributed by atoms with Gasteiger partial charge in [-0.3, -0.25) is 9.48 Å². The molecule has 4 aliphatic rings. The molecular weight excluding hydrogens is 430 g/mol. The highest BCUT2D eigenvalue weighted by atomic mass is 32.2. The molecule has 184 valence electrons. The summed E-state index contributed by atoms with van der Waals surface area (Å²) in [5.74, 6) is 3.24. The minimum Gasteiger partial charge on any atom is -0.384 e. The number of nitrogens with zero attached hydrogens (tertiary/aromatic N) is 2. The van der Waals surface area contributed by atoms with Gasteiger partial charge in [0, 0.05) is 35.1 Å². The first-order valence-corrected chi connectivity index (χ1v) is 14.4. The van der Waals surface area contributed by atoms with Crippen LogP contribution in [-0.2, 0) is 16.1 Å². The fourth-order valence-electron chi connectivity index (χ4n) is 9.30. The van der Waals surface area contributed by atoms with Crippen LogP contribution in [-0.4, -0.2) is 41.1 Å². The molecule has 1 aromatic rings. The molecular formula is C27H43N3O2S. The average molecular weight is 474 g/mol. The molecule has 33 heavy (non-hydrogen) atoms. The van der Waals surface area contributed by atoms with E-state index in [1.807, 2.05) is 30.4 Å². The number of fused-ring (bicyclic) bond motifs is 5. The number of thioether (sulfide) groups is 1. The van der Waals surface area contributed by atoms with E-state index in [4.69, 9.17) is 10.5 Å². The lowest BCUT2D eigenvalue weighted by Gasteiger charge is -2.65. The topological polar surface area (TPSA) is 70.1 Å². The van der Waals surface area contributed by atoms with E-state index in [9.17, 15) is 4.79 Å². The third-order valence-corrected chi connectivity index (χ3v) is 11.5. The van der Waals surface area contributed by atoms with E-state index in [0.29, 0.717) is 36.0 Å². The van der Waals surface area contributed by atoms with E-state index in [1.54, 1.807) is 11.8 Å². The molecule has 5 rings (SSSR count). The maximum Gasteiger partial charge on any atom is 0.157 e. The molecule has 0 aliphatic heterocycles. The molecule has 1 aromatic heterocycles. The molecule has 8 atom stereocenters. The van der Waals surface area contributed by atoms with E-state index in [2.05, 4.69) is 18.9 Å². The maximum atomic E-state index is 13.5. The highest BCUT2D eigenvalue weighted by molar-refractivity contribution is 7.98. The fraction of sp³-hybridized carbons (Fsp3) is 0.852. The normalized spacial score (nSPS) is 44.7. The number of carbonyl (C=O) groups is 1. The maximum absolute atomic E-state index is 13.5. The third-order valence-electron chi connectivity index (χ3n) is 10.8. The van der Waals surface area contributed by atoms with Crippen LogP contribution in [0, 0.1) is 40.4 Å². The largest absolute Gasteiger partial charge is 0.384 e. The number of Topliss-reactive ketones (excluding diaryl/α,β-unsaturated/α-hetero) is 1. The molecule has 7 unspecified atom stereocenters. The number of methoxy groups -OCH3 is 1. The number of aromatic nitrogens is 2. The van der Waals surface area contributed by atoms with E-state index in [1.165, 1.54) is 32.1 Å². The van der Waals surface area contributed by atoms with E-state index >= 15 is 0 Å². The van der Waals surface area contributed by atoms with Crippen molar-refractivity contribution in [3.05, 3.63) is 12.4 Å². The lowest BCUT2D eigenvalue weighted by Crippen LogP contribution is -2.69. The SMILES string of the molecule is COCC12CCC(C)CC1(N)CCC1C3CC[C@H](C(=O)Cn4cc(SC)cn4)C3(C)CCC12. The molecule has 0 bridgehead atoms. The van der Waals surface area contributed by atoms with Gasteiger partial charge in [0.2, 0.25) is 0 Å². The highest BCUT2D eigenvalue weighted by Crippen LogP contribution is 2.68. The zero-order chi connectivity index (χ0) is 23.4. The number of ether oxygens (including phenoxy) is 1. The number of ketones is 1.